The molecule has 3 aromatic heterocycles. The summed E-state index contributed by atoms with van der Waals surface area (Å²) in [5.74, 6) is -0.296. The standard InChI is InChI=1S/C18H21FN6O2S/c1-10-7-24-5-4-20-17(16(24)21-10)27-13-6-11(2)25(8-13)9-14-15(19)23-18(28-14)22-12(3)26/h4-5,7,11,13H,6,8-9H2,1-3H3,(H,22,23,26)/t11-,13+/m0/s1. The highest BCUT2D eigenvalue weighted by Crippen LogP contribution is 2.29. The van der Waals surface area contributed by atoms with E-state index in [2.05, 4.69) is 32.1 Å². The van der Waals surface area contributed by atoms with Crippen molar-refractivity contribution in [3.05, 3.63) is 35.1 Å². The Bertz CT molecular complexity index is 1020. The van der Waals surface area contributed by atoms with Crippen molar-refractivity contribution in [2.24, 2.45) is 0 Å². The lowest BCUT2D eigenvalue weighted by Gasteiger charge is -2.19. The molecule has 1 amide bonds. The van der Waals surface area contributed by atoms with E-state index in [4.69, 9.17) is 4.74 Å². The molecule has 1 aliphatic rings. The molecule has 10 heteroatoms. The van der Waals surface area contributed by atoms with Crippen molar-refractivity contribution < 1.29 is 13.9 Å². The molecule has 0 saturated carbocycles. The molecule has 148 valence electrons. The van der Waals surface area contributed by atoms with Gasteiger partial charge >= 0.3 is 0 Å². The number of aryl methyl sites for hydroxylation is 1. The third-order valence-electron chi connectivity index (χ3n) is 4.69. The van der Waals surface area contributed by atoms with E-state index in [1.54, 1.807) is 6.20 Å². The van der Waals surface area contributed by atoms with E-state index in [0.717, 1.165) is 23.5 Å². The number of halogens is 1. The minimum atomic E-state index is -0.537. The van der Waals surface area contributed by atoms with E-state index in [-0.39, 0.29) is 23.2 Å². The zero-order valence-electron chi connectivity index (χ0n) is 15.8. The van der Waals surface area contributed by atoms with Crippen molar-refractivity contribution in [1.82, 2.24) is 24.3 Å². The molecule has 0 spiro atoms. The smallest absolute Gasteiger partial charge is 0.258 e. The van der Waals surface area contributed by atoms with Crippen LogP contribution in [-0.4, -0.2) is 48.9 Å². The van der Waals surface area contributed by atoms with Crippen LogP contribution < -0.4 is 10.1 Å². The van der Waals surface area contributed by atoms with Crippen LogP contribution in [-0.2, 0) is 11.3 Å². The van der Waals surface area contributed by atoms with E-state index < -0.39 is 5.95 Å². The molecule has 1 fully saturated rings. The average Bonchev–Trinajstić information content (AvgIpc) is 3.25. The number of nitrogens with one attached hydrogen (secondary N) is 1. The number of fused-ring (bicyclic) bond motifs is 1. The van der Waals surface area contributed by atoms with Gasteiger partial charge in [-0.25, -0.2) is 9.97 Å². The Balaban J connectivity index is 1.45. The Morgan fingerprint density at radius 3 is 3.07 bits per heavy atom. The first kappa shape index (κ1) is 18.8. The third-order valence-corrected chi connectivity index (χ3v) is 5.62. The molecule has 0 aromatic carbocycles. The molecule has 8 nitrogen and oxygen atoms in total. The first-order chi connectivity index (χ1) is 13.4. The van der Waals surface area contributed by atoms with Crippen molar-refractivity contribution in [1.29, 1.82) is 0 Å². The van der Waals surface area contributed by atoms with Crippen LogP contribution >= 0.6 is 11.3 Å². The normalized spacial score (nSPS) is 20.0. The van der Waals surface area contributed by atoms with Crippen LogP contribution in [0.2, 0.25) is 0 Å². The number of carbonyl (C=O) groups excluding carboxylic acids is 1. The van der Waals surface area contributed by atoms with Gasteiger partial charge in [-0.2, -0.15) is 9.37 Å². The van der Waals surface area contributed by atoms with E-state index >= 15 is 0 Å². The number of imidazole rings is 1. The molecule has 3 aromatic rings. The first-order valence-corrected chi connectivity index (χ1v) is 9.84. The number of nitrogens with zero attached hydrogens (tertiary/aromatic N) is 5. The molecule has 0 bridgehead atoms. The Hall–Kier alpha value is -2.59. The van der Waals surface area contributed by atoms with Crippen LogP contribution in [0.25, 0.3) is 5.65 Å². The zero-order valence-corrected chi connectivity index (χ0v) is 16.7. The number of rotatable bonds is 5. The van der Waals surface area contributed by atoms with E-state index in [9.17, 15) is 9.18 Å². The summed E-state index contributed by atoms with van der Waals surface area (Å²) in [5.41, 5.74) is 1.59. The Kier molecular flexibility index (Phi) is 4.98. The molecule has 4 rings (SSSR count). The lowest BCUT2D eigenvalue weighted by molar-refractivity contribution is -0.114. The molecule has 0 unspecified atom stereocenters. The maximum atomic E-state index is 14.1. The van der Waals surface area contributed by atoms with Gasteiger partial charge in [-0.3, -0.25) is 9.69 Å². The zero-order chi connectivity index (χ0) is 19.8. The van der Waals surface area contributed by atoms with Crippen molar-refractivity contribution in [3.63, 3.8) is 0 Å². The molecule has 28 heavy (non-hydrogen) atoms. The second kappa shape index (κ2) is 7.44. The van der Waals surface area contributed by atoms with Crippen LogP contribution in [0.5, 0.6) is 5.88 Å². The van der Waals surface area contributed by atoms with Gasteiger partial charge in [0.25, 0.3) is 5.88 Å². The number of carbonyl (C=O) groups is 1. The number of aromatic nitrogens is 4. The fraction of sp³-hybridized carbons (Fsp3) is 0.444. The molecular formula is C18H21FN6O2S. The molecule has 2 atom stereocenters. The topological polar surface area (TPSA) is 84.7 Å². The van der Waals surface area contributed by atoms with Crippen LogP contribution in [0.3, 0.4) is 0 Å². The van der Waals surface area contributed by atoms with Gasteiger partial charge in [0.1, 0.15) is 6.10 Å². The highest BCUT2D eigenvalue weighted by molar-refractivity contribution is 7.15. The predicted octanol–water partition coefficient (Wildman–Crippen LogP) is 2.63. The highest BCUT2D eigenvalue weighted by atomic mass is 32.1. The maximum absolute atomic E-state index is 14.1. The van der Waals surface area contributed by atoms with Crippen molar-refractivity contribution in [3.8, 4) is 5.88 Å². The second-order valence-corrected chi connectivity index (χ2v) is 8.10. The quantitative estimate of drug-likeness (QED) is 0.704. The fourth-order valence-electron chi connectivity index (χ4n) is 3.43. The molecule has 4 heterocycles. The number of hydrogen-bond acceptors (Lipinski definition) is 7. The fourth-order valence-corrected chi connectivity index (χ4v) is 4.34. The van der Waals surface area contributed by atoms with Crippen LogP contribution in [0.4, 0.5) is 9.52 Å². The summed E-state index contributed by atoms with van der Waals surface area (Å²) in [4.78, 5) is 26.4. The third kappa shape index (κ3) is 3.83. The number of hydrogen-bond donors (Lipinski definition) is 1. The summed E-state index contributed by atoms with van der Waals surface area (Å²) in [6.45, 7) is 6.46. The Labute approximate surface area is 165 Å². The minimum absolute atomic E-state index is 0.0588. The minimum Gasteiger partial charge on any atom is -0.470 e. The maximum Gasteiger partial charge on any atom is 0.258 e. The van der Waals surface area contributed by atoms with Crippen molar-refractivity contribution in [2.75, 3.05) is 11.9 Å². The summed E-state index contributed by atoms with van der Waals surface area (Å²) < 4.78 is 22.2. The van der Waals surface area contributed by atoms with Gasteiger partial charge in [0.15, 0.2) is 5.13 Å². The summed E-state index contributed by atoms with van der Waals surface area (Å²) in [5, 5.41) is 2.81. The van der Waals surface area contributed by atoms with Gasteiger partial charge in [-0.05, 0) is 13.8 Å². The van der Waals surface area contributed by atoms with Gasteiger partial charge in [-0.1, -0.05) is 11.3 Å². The monoisotopic (exact) mass is 404 g/mol. The number of ether oxygens (including phenoxy) is 1. The van der Waals surface area contributed by atoms with Gasteiger partial charge in [0.2, 0.25) is 17.5 Å². The van der Waals surface area contributed by atoms with Crippen LogP contribution in [0, 0.1) is 12.9 Å². The predicted molar refractivity (Wildman–Crippen MR) is 103 cm³/mol. The molecule has 1 N–H and O–H groups in total. The van der Waals surface area contributed by atoms with E-state index in [1.165, 1.54) is 6.92 Å². The van der Waals surface area contributed by atoms with E-state index in [0.29, 0.717) is 29.5 Å². The Morgan fingerprint density at radius 2 is 2.29 bits per heavy atom. The number of likely N-dealkylation sites (tertiary alicyclic amines) is 1. The van der Waals surface area contributed by atoms with Crippen molar-refractivity contribution >= 4 is 28.0 Å². The lowest BCUT2D eigenvalue weighted by atomic mass is 10.2. The molecule has 0 radical (unpaired) electrons. The summed E-state index contributed by atoms with van der Waals surface area (Å²) >= 11 is 1.16. The van der Waals surface area contributed by atoms with Crippen molar-refractivity contribution in [2.45, 2.75) is 45.9 Å². The Morgan fingerprint density at radius 1 is 1.46 bits per heavy atom. The lowest BCUT2D eigenvalue weighted by Crippen LogP contribution is -2.28. The van der Waals surface area contributed by atoms with Gasteiger partial charge in [0, 0.05) is 51.1 Å². The summed E-state index contributed by atoms with van der Waals surface area (Å²) in [6, 6.07) is 0.219. The summed E-state index contributed by atoms with van der Waals surface area (Å²) in [6.07, 6.45) is 6.20. The SMILES string of the molecule is CC(=O)Nc1nc(F)c(CN2C[C@H](Oc3nccn4cc(C)nc34)C[C@@H]2C)s1. The highest BCUT2D eigenvalue weighted by Gasteiger charge is 2.32. The average molecular weight is 404 g/mol. The largest absolute Gasteiger partial charge is 0.470 e. The van der Waals surface area contributed by atoms with Gasteiger partial charge in [0.05, 0.1) is 10.6 Å². The number of amides is 1. The molecular weight excluding hydrogens is 383 g/mol. The van der Waals surface area contributed by atoms with Crippen LogP contribution in [0.1, 0.15) is 30.8 Å². The first-order valence-electron chi connectivity index (χ1n) is 9.03. The van der Waals surface area contributed by atoms with E-state index in [1.807, 2.05) is 23.7 Å². The number of thiazole rings is 1. The second-order valence-electron chi connectivity index (χ2n) is 7.01. The molecule has 0 aliphatic carbocycles. The van der Waals surface area contributed by atoms with Gasteiger partial charge in [-0.15, -0.1) is 0 Å². The summed E-state index contributed by atoms with van der Waals surface area (Å²) in [7, 11) is 0. The molecule has 1 saturated heterocycles. The molecule has 1 aliphatic heterocycles. The number of anilines is 1. The van der Waals surface area contributed by atoms with Gasteiger partial charge < -0.3 is 14.5 Å². The van der Waals surface area contributed by atoms with Crippen LogP contribution in [0.15, 0.2) is 18.6 Å².